The van der Waals surface area contributed by atoms with Crippen LogP contribution in [0, 0.1) is 17.2 Å². The van der Waals surface area contributed by atoms with E-state index in [1.165, 1.54) is 19.2 Å². The maximum absolute atomic E-state index is 13.9. The summed E-state index contributed by atoms with van der Waals surface area (Å²) in [6.07, 6.45) is 3.91. The zero-order valence-corrected chi connectivity index (χ0v) is 21.6. The van der Waals surface area contributed by atoms with Crippen LogP contribution in [0.1, 0.15) is 24.8 Å². The highest BCUT2D eigenvalue weighted by Gasteiger charge is 2.62. The average molecular weight is 600 g/mol. The Morgan fingerprint density at radius 1 is 1.30 bits per heavy atom. The maximum atomic E-state index is 13.9. The Labute approximate surface area is 212 Å². The molecule has 33 heavy (non-hydrogen) atoms. The number of halogens is 4. The van der Waals surface area contributed by atoms with Crippen LogP contribution >= 0.6 is 43.5 Å². The molecule has 2 aromatic carbocycles. The van der Waals surface area contributed by atoms with Crippen LogP contribution in [-0.4, -0.2) is 24.0 Å². The molecule has 0 aromatic heterocycles. The number of fused-ring (bicyclic) bond motifs is 1. The first-order valence-electron chi connectivity index (χ1n) is 9.98. The van der Waals surface area contributed by atoms with Crippen LogP contribution in [0.25, 0.3) is 0 Å². The molecule has 0 saturated carbocycles. The third-order valence-corrected chi connectivity index (χ3v) is 8.98. The van der Waals surface area contributed by atoms with E-state index in [0.717, 1.165) is 16.5 Å². The van der Waals surface area contributed by atoms with Crippen LogP contribution in [0.5, 0.6) is 11.5 Å². The van der Waals surface area contributed by atoms with Crippen molar-refractivity contribution in [3.05, 3.63) is 73.9 Å². The van der Waals surface area contributed by atoms with E-state index in [9.17, 15) is 19.1 Å². The van der Waals surface area contributed by atoms with Gasteiger partial charge in [0.2, 0.25) is 11.8 Å². The average Bonchev–Trinajstić information content (AvgIpc) is 2.99. The summed E-state index contributed by atoms with van der Waals surface area (Å²) in [5.41, 5.74) is 0.457. The lowest BCUT2D eigenvalue weighted by molar-refractivity contribution is -0.127. The number of imide groups is 1. The van der Waals surface area contributed by atoms with Gasteiger partial charge in [0.05, 0.1) is 33.6 Å². The summed E-state index contributed by atoms with van der Waals surface area (Å²) in [5.74, 6) is -2.55. The van der Waals surface area contributed by atoms with Crippen LogP contribution in [0.4, 0.5) is 10.1 Å². The molecule has 1 heterocycles. The summed E-state index contributed by atoms with van der Waals surface area (Å²) in [6, 6.07) is 5.42. The SMILES string of the molecule is C=CC1=CCC2C(=O)N(c3ccc(F)c(Cl)c3)C(=O)C2(C)C1c1cc(OC)c(O)c(Br)c1Br. The first-order chi connectivity index (χ1) is 15.6. The maximum Gasteiger partial charge on any atom is 0.241 e. The Bertz CT molecular complexity index is 1250. The molecule has 0 spiro atoms. The van der Waals surface area contributed by atoms with E-state index in [1.54, 1.807) is 19.1 Å². The van der Waals surface area contributed by atoms with Gasteiger partial charge < -0.3 is 9.84 Å². The standard InChI is InChI=1S/C24H19Br2ClFNO4/c1-4-11-5-7-14-22(31)29(12-6-8-16(28)15(27)9-12)23(32)24(14,2)18(11)13-10-17(33-3)21(30)20(26)19(13)25/h4-6,8-10,14,18,30H,1,7H2,2-3H3. The van der Waals surface area contributed by atoms with E-state index < -0.39 is 29.0 Å². The Hall–Kier alpha value is -2.16. The van der Waals surface area contributed by atoms with Crippen molar-refractivity contribution in [2.75, 3.05) is 12.0 Å². The van der Waals surface area contributed by atoms with Crippen molar-refractivity contribution in [3.63, 3.8) is 0 Å². The fraction of sp³-hybridized carbons (Fsp3) is 0.250. The molecule has 0 bridgehead atoms. The third-order valence-electron chi connectivity index (χ3n) is 6.53. The normalized spacial score (nSPS) is 24.5. The molecule has 2 aromatic rings. The van der Waals surface area contributed by atoms with Gasteiger partial charge in [-0.2, -0.15) is 0 Å². The minimum atomic E-state index is -1.18. The summed E-state index contributed by atoms with van der Waals surface area (Å²) < 4.78 is 20.0. The van der Waals surface area contributed by atoms with Gasteiger partial charge in [-0.25, -0.2) is 9.29 Å². The van der Waals surface area contributed by atoms with Crippen molar-refractivity contribution in [2.24, 2.45) is 11.3 Å². The van der Waals surface area contributed by atoms with Crippen molar-refractivity contribution in [1.29, 1.82) is 0 Å². The minimum Gasteiger partial charge on any atom is -0.503 e. The number of hydrogen-bond acceptors (Lipinski definition) is 4. The summed E-state index contributed by atoms with van der Waals surface area (Å²) in [6.45, 7) is 5.67. The number of aromatic hydroxyl groups is 1. The number of carbonyl (C=O) groups is 2. The van der Waals surface area contributed by atoms with E-state index in [2.05, 4.69) is 38.4 Å². The summed E-state index contributed by atoms with van der Waals surface area (Å²) in [4.78, 5) is 28.5. The van der Waals surface area contributed by atoms with Crippen molar-refractivity contribution in [2.45, 2.75) is 19.3 Å². The van der Waals surface area contributed by atoms with Crippen LogP contribution in [0.2, 0.25) is 5.02 Å². The second kappa shape index (κ2) is 8.56. The van der Waals surface area contributed by atoms with Gasteiger partial charge >= 0.3 is 0 Å². The molecule has 1 fully saturated rings. The lowest BCUT2D eigenvalue weighted by atomic mass is 9.60. The van der Waals surface area contributed by atoms with Crippen molar-refractivity contribution >= 4 is 61.0 Å². The van der Waals surface area contributed by atoms with Crippen molar-refractivity contribution in [3.8, 4) is 11.5 Å². The topological polar surface area (TPSA) is 66.8 Å². The van der Waals surface area contributed by atoms with Crippen LogP contribution in [0.3, 0.4) is 0 Å². The number of anilines is 1. The number of rotatable bonds is 4. The Balaban J connectivity index is 1.93. The van der Waals surface area contributed by atoms with Gasteiger partial charge in [0.15, 0.2) is 11.5 Å². The van der Waals surface area contributed by atoms with Gasteiger partial charge in [-0.3, -0.25) is 9.59 Å². The molecular weight excluding hydrogens is 581 g/mol. The second-order valence-corrected chi connectivity index (χ2v) is 10.1. The molecule has 1 aliphatic heterocycles. The van der Waals surface area contributed by atoms with Gasteiger partial charge in [0.25, 0.3) is 0 Å². The molecule has 1 saturated heterocycles. The largest absolute Gasteiger partial charge is 0.503 e. The first-order valence-corrected chi connectivity index (χ1v) is 11.9. The van der Waals surface area contributed by atoms with Gasteiger partial charge in [-0.15, -0.1) is 0 Å². The number of phenolic OH excluding ortho intramolecular Hbond substituents is 1. The minimum absolute atomic E-state index is 0.0915. The van der Waals surface area contributed by atoms with Crippen LogP contribution in [-0.2, 0) is 9.59 Å². The van der Waals surface area contributed by atoms with Gasteiger partial charge in [-0.1, -0.05) is 30.3 Å². The number of phenols is 1. The highest BCUT2D eigenvalue weighted by Crippen LogP contribution is 2.59. The summed E-state index contributed by atoms with van der Waals surface area (Å²) in [7, 11) is 1.43. The number of amides is 2. The van der Waals surface area contributed by atoms with E-state index >= 15 is 0 Å². The van der Waals surface area contributed by atoms with Crippen molar-refractivity contribution in [1.82, 2.24) is 0 Å². The fourth-order valence-electron chi connectivity index (χ4n) is 4.84. The zero-order valence-electron chi connectivity index (χ0n) is 17.7. The molecule has 0 radical (unpaired) electrons. The molecule has 172 valence electrons. The number of methoxy groups -OCH3 is 1. The summed E-state index contributed by atoms with van der Waals surface area (Å²) >= 11 is 12.8. The molecule has 1 N–H and O–H groups in total. The molecule has 5 nitrogen and oxygen atoms in total. The zero-order chi connectivity index (χ0) is 24.2. The summed E-state index contributed by atoms with van der Waals surface area (Å²) in [5, 5.41) is 10.2. The number of carbonyl (C=O) groups excluding carboxylic acids is 2. The third kappa shape index (κ3) is 3.45. The highest BCUT2D eigenvalue weighted by atomic mass is 79.9. The number of nitrogens with zero attached hydrogens (tertiary/aromatic N) is 1. The monoisotopic (exact) mass is 597 g/mol. The molecule has 4 rings (SSSR count). The quantitative estimate of drug-likeness (QED) is 0.407. The van der Waals surface area contributed by atoms with Crippen LogP contribution in [0.15, 0.2) is 57.5 Å². The number of allylic oxidation sites excluding steroid dienone is 3. The molecule has 9 heteroatoms. The van der Waals surface area contributed by atoms with Gasteiger partial charge in [0, 0.05) is 10.4 Å². The molecule has 3 unspecified atom stereocenters. The first kappa shape index (κ1) is 24.0. The highest BCUT2D eigenvalue weighted by molar-refractivity contribution is 9.13. The van der Waals surface area contributed by atoms with E-state index in [0.29, 0.717) is 20.9 Å². The molecule has 1 aliphatic carbocycles. The molecule has 2 amide bonds. The van der Waals surface area contributed by atoms with Gasteiger partial charge in [0.1, 0.15) is 5.82 Å². The number of ether oxygens (including phenoxy) is 1. The number of hydrogen-bond donors (Lipinski definition) is 1. The Morgan fingerprint density at radius 3 is 2.61 bits per heavy atom. The Kier molecular flexibility index (Phi) is 6.22. The van der Waals surface area contributed by atoms with E-state index in [-0.39, 0.29) is 28.1 Å². The molecular formula is C24H19Br2ClFNO4. The fourth-order valence-corrected chi connectivity index (χ4v) is 5.97. The van der Waals surface area contributed by atoms with E-state index in [4.69, 9.17) is 16.3 Å². The lowest BCUT2D eigenvalue weighted by Gasteiger charge is -2.40. The smallest absolute Gasteiger partial charge is 0.241 e. The van der Waals surface area contributed by atoms with Crippen molar-refractivity contribution < 1.29 is 23.8 Å². The lowest BCUT2D eigenvalue weighted by Crippen LogP contribution is -2.41. The second-order valence-electron chi connectivity index (χ2n) is 8.13. The van der Waals surface area contributed by atoms with Crippen LogP contribution < -0.4 is 9.64 Å². The number of benzene rings is 2. The van der Waals surface area contributed by atoms with Gasteiger partial charge in [-0.05, 0) is 80.6 Å². The van der Waals surface area contributed by atoms with E-state index in [1.807, 2.05) is 6.08 Å². The molecule has 3 atom stereocenters. The molecule has 2 aliphatic rings. The predicted octanol–water partition coefficient (Wildman–Crippen LogP) is 6.51. The Morgan fingerprint density at radius 2 is 2.00 bits per heavy atom. The predicted molar refractivity (Wildman–Crippen MR) is 131 cm³/mol.